The van der Waals surface area contributed by atoms with Crippen molar-refractivity contribution >= 4 is 15.9 Å². The van der Waals surface area contributed by atoms with Crippen LogP contribution in [0.1, 0.15) is 12.5 Å². The Morgan fingerprint density at radius 1 is 1.67 bits per heavy atom. The first-order valence-corrected chi connectivity index (χ1v) is 4.43. The third-order valence-corrected chi connectivity index (χ3v) is 1.83. The Bertz CT molecular complexity index is 256. The van der Waals surface area contributed by atoms with Gasteiger partial charge in [0.2, 0.25) is 0 Å². The molecule has 0 amide bonds. The van der Waals surface area contributed by atoms with Gasteiger partial charge in [0.15, 0.2) is 12.4 Å². The van der Waals surface area contributed by atoms with Crippen molar-refractivity contribution in [1.29, 1.82) is 0 Å². The second kappa shape index (κ2) is 3.87. The van der Waals surface area contributed by atoms with E-state index in [9.17, 15) is 5.21 Å². The minimum absolute atomic E-state index is 0.417. The number of hydrogen-bond donors (Lipinski definition) is 1. The summed E-state index contributed by atoms with van der Waals surface area (Å²) in [6.45, 7) is 1.69. The van der Waals surface area contributed by atoms with Gasteiger partial charge in [-0.1, -0.05) is 0 Å². The summed E-state index contributed by atoms with van der Waals surface area (Å²) in [6, 6.07) is 1.82. The molecule has 0 aliphatic heterocycles. The van der Waals surface area contributed by atoms with E-state index in [1.807, 2.05) is 6.07 Å². The van der Waals surface area contributed by atoms with Crippen molar-refractivity contribution in [3.05, 3.63) is 33.7 Å². The molecule has 0 aromatic carbocycles. The van der Waals surface area contributed by atoms with Crippen molar-refractivity contribution in [2.45, 2.75) is 19.4 Å². The van der Waals surface area contributed by atoms with Crippen molar-refractivity contribution in [2.24, 2.45) is 0 Å². The lowest BCUT2D eigenvalue weighted by molar-refractivity contribution is -0.606. The third kappa shape index (κ3) is 2.79. The van der Waals surface area contributed by atoms with E-state index in [2.05, 4.69) is 15.9 Å². The highest BCUT2D eigenvalue weighted by Crippen LogP contribution is 2.09. The Morgan fingerprint density at radius 2 is 2.33 bits per heavy atom. The first-order chi connectivity index (χ1) is 5.58. The Labute approximate surface area is 79.4 Å². The number of nitrogens with zero attached hydrogens (tertiary/aromatic N) is 1. The summed E-state index contributed by atoms with van der Waals surface area (Å²) in [7, 11) is 0. The molecule has 0 bridgehead atoms. The number of aliphatic hydroxyl groups excluding tert-OH is 1. The molecule has 1 N–H and O–H groups in total. The summed E-state index contributed by atoms with van der Waals surface area (Å²) in [6.07, 6.45) is 2.96. The van der Waals surface area contributed by atoms with E-state index >= 15 is 0 Å². The first kappa shape index (κ1) is 9.48. The van der Waals surface area contributed by atoms with Crippen LogP contribution in [-0.4, -0.2) is 11.2 Å². The maximum Gasteiger partial charge on any atom is 0.194 e. The van der Waals surface area contributed by atoms with Crippen LogP contribution in [-0.2, 0) is 6.42 Å². The van der Waals surface area contributed by atoms with Gasteiger partial charge in [-0.05, 0) is 28.9 Å². The van der Waals surface area contributed by atoms with Crippen LogP contribution < -0.4 is 4.73 Å². The first-order valence-electron chi connectivity index (χ1n) is 3.64. The molecule has 4 heteroatoms. The largest absolute Gasteiger partial charge is 0.619 e. The highest BCUT2D eigenvalue weighted by atomic mass is 79.9. The van der Waals surface area contributed by atoms with Crippen LogP contribution >= 0.6 is 15.9 Å². The number of rotatable bonds is 2. The fraction of sp³-hybridized carbons (Fsp3) is 0.375. The molecule has 1 unspecified atom stereocenters. The molecule has 1 aromatic heterocycles. The van der Waals surface area contributed by atoms with Crippen LogP contribution in [0, 0.1) is 5.21 Å². The van der Waals surface area contributed by atoms with Gasteiger partial charge in [0.05, 0.1) is 10.6 Å². The Hall–Kier alpha value is -0.610. The van der Waals surface area contributed by atoms with E-state index in [-0.39, 0.29) is 0 Å². The lowest BCUT2D eigenvalue weighted by atomic mass is 10.1. The van der Waals surface area contributed by atoms with Crippen LogP contribution in [0.15, 0.2) is 22.9 Å². The standard InChI is InChI=1S/C8H10BrNO2/c1-6(11)2-7-3-8(9)5-10(12)4-7/h3-6,11H,2H2,1H3. The monoisotopic (exact) mass is 231 g/mol. The molecule has 0 saturated heterocycles. The van der Waals surface area contributed by atoms with Crippen molar-refractivity contribution in [1.82, 2.24) is 0 Å². The lowest BCUT2D eigenvalue weighted by Crippen LogP contribution is -2.26. The molecule has 0 radical (unpaired) electrons. The molecule has 0 aliphatic rings. The lowest BCUT2D eigenvalue weighted by Gasteiger charge is -2.04. The zero-order valence-corrected chi connectivity index (χ0v) is 8.28. The summed E-state index contributed by atoms with van der Waals surface area (Å²) in [5.74, 6) is 0. The topological polar surface area (TPSA) is 47.2 Å². The minimum atomic E-state index is -0.417. The SMILES string of the molecule is CC(O)Cc1cc(Br)c[n+]([O-])c1. The molecule has 1 rings (SSSR count). The molecule has 12 heavy (non-hydrogen) atoms. The minimum Gasteiger partial charge on any atom is -0.619 e. The van der Waals surface area contributed by atoms with Crippen molar-refractivity contribution in [3.63, 3.8) is 0 Å². The van der Waals surface area contributed by atoms with E-state index in [1.54, 1.807) is 6.92 Å². The molecule has 1 atom stereocenters. The molecule has 1 aromatic rings. The van der Waals surface area contributed by atoms with E-state index in [0.717, 1.165) is 14.8 Å². The van der Waals surface area contributed by atoms with E-state index in [4.69, 9.17) is 5.11 Å². The molecule has 1 heterocycles. The van der Waals surface area contributed by atoms with Crippen LogP contribution in [0.3, 0.4) is 0 Å². The average molecular weight is 232 g/mol. The summed E-state index contributed by atoms with van der Waals surface area (Å²) in [5, 5.41) is 20.0. The molecule has 0 saturated carbocycles. The average Bonchev–Trinajstić information content (AvgIpc) is 1.81. The van der Waals surface area contributed by atoms with E-state index in [1.165, 1.54) is 12.4 Å². The van der Waals surface area contributed by atoms with Crippen LogP contribution in [0.4, 0.5) is 0 Å². The molecule has 0 aliphatic carbocycles. The van der Waals surface area contributed by atoms with Gasteiger partial charge >= 0.3 is 0 Å². The maximum absolute atomic E-state index is 10.9. The van der Waals surface area contributed by atoms with Gasteiger partial charge in [-0.3, -0.25) is 0 Å². The molecular weight excluding hydrogens is 222 g/mol. The van der Waals surface area contributed by atoms with Gasteiger partial charge in [-0.15, -0.1) is 0 Å². The third-order valence-electron chi connectivity index (χ3n) is 1.40. The Kier molecular flexibility index (Phi) is 3.05. The summed E-state index contributed by atoms with van der Waals surface area (Å²) < 4.78 is 1.46. The molecule has 0 spiro atoms. The fourth-order valence-corrected chi connectivity index (χ4v) is 1.52. The van der Waals surface area contributed by atoms with E-state index < -0.39 is 6.10 Å². The van der Waals surface area contributed by atoms with Crippen molar-refractivity contribution in [2.75, 3.05) is 0 Å². The highest BCUT2D eigenvalue weighted by Gasteiger charge is 2.04. The van der Waals surface area contributed by atoms with Gasteiger partial charge < -0.3 is 10.3 Å². The zero-order chi connectivity index (χ0) is 9.14. The number of halogens is 1. The maximum atomic E-state index is 10.9. The fourth-order valence-electron chi connectivity index (χ4n) is 1.03. The smallest absolute Gasteiger partial charge is 0.194 e. The quantitative estimate of drug-likeness (QED) is 0.610. The summed E-state index contributed by atoms with van der Waals surface area (Å²) >= 11 is 3.20. The van der Waals surface area contributed by atoms with Gasteiger partial charge in [0.1, 0.15) is 0 Å². The Balaban J connectivity index is 2.85. The second-order valence-electron chi connectivity index (χ2n) is 2.78. The Morgan fingerprint density at radius 3 is 2.83 bits per heavy atom. The predicted molar refractivity (Wildman–Crippen MR) is 48.5 cm³/mol. The van der Waals surface area contributed by atoms with Gasteiger partial charge in [-0.2, -0.15) is 4.73 Å². The predicted octanol–water partition coefficient (Wildman–Crippen LogP) is 1.01. The number of aromatic nitrogens is 1. The second-order valence-corrected chi connectivity index (χ2v) is 3.69. The van der Waals surface area contributed by atoms with Gasteiger partial charge in [0, 0.05) is 12.0 Å². The van der Waals surface area contributed by atoms with Crippen LogP contribution in [0.2, 0.25) is 0 Å². The number of aliphatic hydroxyl groups is 1. The van der Waals surface area contributed by atoms with Crippen LogP contribution in [0.25, 0.3) is 0 Å². The van der Waals surface area contributed by atoms with Crippen molar-refractivity contribution in [3.8, 4) is 0 Å². The molecular formula is C8H10BrNO2. The normalized spacial score (nSPS) is 12.9. The van der Waals surface area contributed by atoms with Crippen LogP contribution in [0.5, 0.6) is 0 Å². The number of hydrogen-bond acceptors (Lipinski definition) is 2. The highest BCUT2D eigenvalue weighted by molar-refractivity contribution is 9.10. The van der Waals surface area contributed by atoms with Gasteiger partial charge in [0.25, 0.3) is 0 Å². The van der Waals surface area contributed by atoms with Gasteiger partial charge in [-0.25, -0.2) is 0 Å². The summed E-state index contributed by atoms with van der Waals surface area (Å²) in [4.78, 5) is 0. The molecule has 0 fully saturated rings. The molecule has 3 nitrogen and oxygen atoms in total. The van der Waals surface area contributed by atoms with E-state index in [0.29, 0.717) is 6.42 Å². The van der Waals surface area contributed by atoms with Crippen molar-refractivity contribution < 1.29 is 9.84 Å². The number of pyridine rings is 1. The summed E-state index contributed by atoms with van der Waals surface area (Å²) in [5.41, 5.74) is 0.828. The molecule has 66 valence electrons. The zero-order valence-electron chi connectivity index (χ0n) is 6.70.